The number of carbonyl (C=O) groups excluding carboxylic acids is 3. The van der Waals surface area contributed by atoms with Crippen molar-refractivity contribution >= 4 is 63.5 Å². The number of nitro benzene ring substituents is 1. The molecule has 0 fully saturated rings. The van der Waals surface area contributed by atoms with Crippen molar-refractivity contribution < 1.29 is 19.3 Å². The summed E-state index contributed by atoms with van der Waals surface area (Å²) in [6.07, 6.45) is 3.29. The van der Waals surface area contributed by atoms with E-state index < -0.39 is 22.0 Å². The van der Waals surface area contributed by atoms with Gasteiger partial charge in [-0.15, -0.1) is 11.8 Å². The quantitative estimate of drug-likeness (QED) is 0.0477. The number of benzene rings is 5. The van der Waals surface area contributed by atoms with Crippen LogP contribution in [-0.4, -0.2) is 27.6 Å². The lowest BCUT2D eigenvalue weighted by molar-refractivity contribution is -0.384. The van der Waals surface area contributed by atoms with Crippen LogP contribution in [0.25, 0.3) is 17.0 Å². The van der Waals surface area contributed by atoms with Crippen LogP contribution in [0.15, 0.2) is 150 Å². The van der Waals surface area contributed by atoms with Gasteiger partial charge < -0.3 is 20.9 Å². The smallest absolute Gasteiger partial charge is 0.272 e. The fourth-order valence-corrected chi connectivity index (χ4v) is 6.10. The number of fused-ring (bicyclic) bond motifs is 1. The Hall–Kier alpha value is -6.46. The summed E-state index contributed by atoms with van der Waals surface area (Å²) in [4.78, 5) is 54.8. The van der Waals surface area contributed by atoms with Gasteiger partial charge >= 0.3 is 0 Å². The maximum Gasteiger partial charge on any atom is 0.272 e. The number of nitrogens with zero attached hydrogens (tertiary/aromatic N) is 1. The molecule has 0 aliphatic rings. The predicted octanol–water partition coefficient (Wildman–Crippen LogP) is 7.96. The lowest BCUT2D eigenvalue weighted by Crippen LogP contribution is -2.30. The van der Waals surface area contributed by atoms with E-state index in [-0.39, 0.29) is 17.3 Å². The molecule has 0 aliphatic heterocycles. The van der Waals surface area contributed by atoms with Crippen molar-refractivity contribution in [3.8, 4) is 0 Å². The number of carbonyl (C=O) groups is 3. The van der Waals surface area contributed by atoms with Crippen LogP contribution in [0.1, 0.15) is 26.7 Å². The summed E-state index contributed by atoms with van der Waals surface area (Å²) in [5.74, 6) is -1.32. The number of aromatic nitrogens is 1. The SMILES string of the molecule is O=C(Nc1cccc(SC(C(=O)Nc2ccc3cc[nH]c3c2)c2ccccc2)c1)/C(=C\c1ccc([N+](=O)[O-])cc1)NC(=O)c1ccccc1. The first-order chi connectivity index (χ1) is 23.8. The van der Waals surface area contributed by atoms with Gasteiger partial charge in [0.15, 0.2) is 0 Å². The molecule has 0 bridgehead atoms. The zero-order valence-corrected chi connectivity index (χ0v) is 26.6. The van der Waals surface area contributed by atoms with E-state index in [1.807, 2.05) is 66.9 Å². The Morgan fingerprint density at radius 1 is 0.755 bits per heavy atom. The largest absolute Gasteiger partial charge is 0.361 e. The average molecular weight is 668 g/mol. The molecule has 11 heteroatoms. The molecule has 0 saturated heterocycles. The van der Waals surface area contributed by atoms with Gasteiger partial charge in [0, 0.05) is 45.7 Å². The van der Waals surface area contributed by atoms with Gasteiger partial charge in [-0.25, -0.2) is 0 Å². The van der Waals surface area contributed by atoms with Crippen molar-refractivity contribution in [2.75, 3.05) is 10.6 Å². The van der Waals surface area contributed by atoms with E-state index in [1.54, 1.807) is 48.5 Å². The van der Waals surface area contributed by atoms with E-state index in [9.17, 15) is 24.5 Å². The van der Waals surface area contributed by atoms with Crippen LogP contribution in [0, 0.1) is 10.1 Å². The average Bonchev–Trinajstić information content (AvgIpc) is 3.59. The summed E-state index contributed by atoms with van der Waals surface area (Å²) in [7, 11) is 0. The first kappa shape index (κ1) is 32.5. The Morgan fingerprint density at radius 2 is 1.47 bits per heavy atom. The Bertz CT molecular complexity index is 2170. The molecule has 1 aromatic heterocycles. The molecular weight excluding hydrogens is 639 g/mol. The number of H-pyrrole nitrogens is 1. The van der Waals surface area contributed by atoms with Gasteiger partial charge in [-0.2, -0.15) is 0 Å². The van der Waals surface area contributed by atoms with Gasteiger partial charge in [-0.3, -0.25) is 24.5 Å². The van der Waals surface area contributed by atoms with Gasteiger partial charge in [0.05, 0.1) is 4.92 Å². The predicted molar refractivity (Wildman–Crippen MR) is 192 cm³/mol. The van der Waals surface area contributed by atoms with Crippen molar-refractivity contribution in [3.05, 3.63) is 172 Å². The molecule has 0 radical (unpaired) electrons. The molecule has 6 rings (SSSR count). The molecule has 1 unspecified atom stereocenters. The summed E-state index contributed by atoms with van der Waals surface area (Å²) in [6, 6.07) is 38.2. The van der Waals surface area contributed by atoms with Crippen LogP contribution < -0.4 is 16.0 Å². The Morgan fingerprint density at radius 3 is 2.20 bits per heavy atom. The maximum absolute atomic E-state index is 13.7. The minimum Gasteiger partial charge on any atom is -0.361 e. The fraction of sp³-hybridized carbons (Fsp3) is 0.0263. The summed E-state index contributed by atoms with van der Waals surface area (Å²) < 4.78 is 0. The number of hydrogen-bond donors (Lipinski definition) is 4. The Labute approximate surface area is 285 Å². The number of anilines is 2. The molecule has 0 spiro atoms. The summed E-state index contributed by atoms with van der Waals surface area (Å²) in [5.41, 5.74) is 3.46. The van der Waals surface area contributed by atoms with E-state index in [1.165, 1.54) is 42.1 Å². The molecule has 1 heterocycles. The third-order valence-corrected chi connectivity index (χ3v) is 8.70. The minimum absolute atomic E-state index is 0.0682. The molecule has 6 aromatic rings. The van der Waals surface area contributed by atoms with Crippen molar-refractivity contribution in [2.45, 2.75) is 10.1 Å². The zero-order valence-electron chi connectivity index (χ0n) is 25.8. The lowest BCUT2D eigenvalue weighted by atomic mass is 10.1. The first-order valence-electron chi connectivity index (χ1n) is 15.2. The van der Waals surface area contributed by atoms with Gasteiger partial charge in [0.25, 0.3) is 17.5 Å². The summed E-state index contributed by atoms with van der Waals surface area (Å²) >= 11 is 1.33. The van der Waals surface area contributed by atoms with Gasteiger partial charge in [0.1, 0.15) is 10.9 Å². The number of thioether (sulfide) groups is 1. The molecule has 242 valence electrons. The number of nitrogens with one attached hydrogen (secondary N) is 4. The summed E-state index contributed by atoms with van der Waals surface area (Å²) in [6.45, 7) is 0. The van der Waals surface area contributed by atoms with Gasteiger partial charge in [-0.1, -0.05) is 60.7 Å². The highest BCUT2D eigenvalue weighted by atomic mass is 32.2. The van der Waals surface area contributed by atoms with E-state index in [4.69, 9.17) is 0 Å². The number of nitro groups is 1. The molecule has 0 aliphatic carbocycles. The first-order valence-corrected chi connectivity index (χ1v) is 16.0. The molecule has 1 atom stereocenters. The second-order valence-electron chi connectivity index (χ2n) is 10.9. The Balaban J connectivity index is 1.23. The second kappa shape index (κ2) is 15.0. The van der Waals surface area contributed by atoms with E-state index >= 15 is 0 Å². The number of rotatable bonds is 11. The van der Waals surface area contributed by atoms with Gasteiger partial charge in [-0.05, 0) is 83.3 Å². The standard InChI is InChI=1S/C38H29N5O5S/c44-36(28-10-5-2-6-11-28)42-34(22-25-14-18-31(19-15-25)43(47)48)37(45)40-29-12-7-13-32(23-29)49-35(27-8-3-1-4-9-27)38(46)41-30-17-16-26-20-21-39-33(26)24-30/h1-24,35,39H,(H,40,45)(H,41,46)(H,42,44)/b34-22+. The van der Waals surface area contributed by atoms with Crippen LogP contribution in [0.4, 0.5) is 17.1 Å². The number of aromatic amines is 1. The third-order valence-electron chi connectivity index (χ3n) is 7.45. The highest BCUT2D eigenvalue weighted by molar-refractivity contribution is 8.00. The molecule has 49 heavy (non-hydrogen) atoms. The van der Waals surface area contributed by atoms with E-state index in [0.717, 1.165) is 21.4 Å². The van der Waals surface area contributed by atoms with Crippen molar-refractivity contribution in [1.29, 1.82) is 0 Å². The highest BCUT2D eigenvalue weighted by Gasteiger charge is 2.23. The molecular formula is C38H29N5O5S. The molecule has 3 amide bonds. The topological polar surface area (TPSA) is 146 Å². The van der Waals surface area contributed by atoms with Crippen LogP contribution >= 0.6 is 11.8 Å². The summed E-state index contributed by atoms with van der Waals surface area (Å²) in [5, 5.41) is 20.1. The second-order valence-corrected chi connectivity index (χ2v) is 12.1. The van der Waals surface area contributed by atoms with Crippen molar-refractivity contribution in [1.82, 2.24) is 10.3 Å². The minimum atomic E-state index is -0.616. The van der Waals surface area contributed by atoms with Crippen molar-refractivity contribution in [3.63, 3.8) is 0 Å². The third kappa shape index (κ3) is 8.28. The zero-order chi connectivity index (χ0) is 34.2. The van der Waals surface area contributed by atoms with Crippen LogP contribution in [0.5, 0.6) is 0 Å². The maximum atomic E-state index is 13.7. The molecule has 10 nitrogen and oxygen atoms in total. The Kier molecular flexibility index (Phi) is 9.92. The fourth-order valence-electron chi connectivity index (χ4n) is 5.02. The van der Waals surface area contributed by atoms with Crippen LogP contribution in [0.3, 0.4) is 0 Å². The molecule has 0 saturated carbocycles. The normalized spacial score (nSPS) is 11.8. The molecule has 4 N–H and O–H groups in total. The van der Waals surface area contributed by atoms with Crippen molar-refractivity contribution in [2.24, 2.45) is 0 Å². The van der Waals surface area contributed by atoms with E-state index in [2.05, 4.69) is 20.9 Å². The highest BCUT2D eigenvalue weighted by Crippen LogP contribution is 2.37. The number of amides is 3. The number of hydrogen-bond acceptors (Lipinski definition) is 6. The van der Waals surface area contributed by atoms with Crippen LogP contribution in [0.2, 0.25) is 0 Å². The van der Waals surface area contributed by atoms with E-state index in [0.29, 0.717) is 22.5 Å². The lowest BCUT2D eigenvalue weighted by Gasteiger charge is -2.18. The number of non-ortho nitro benzene ring substituents is 1. The monoisotopic (exact) mass is 667 g/mol. The van der Waals surface area contributed by atoms with Gasteiger partial charge in [0.2, 0.25) is 5.91 Å². The molecule has 5 aromatic carbocycles. The van der Waals surface area contributed by atoms with Crippen LogP contribution in [-0.2, 0) is 9.59 Å².